The predicted octanol–water partition coefficient (Wildman–Crippen LogP) is 2.28. The molecule has 1 saturated heterocycles. The highest BCUT2D eigenvalue weighted by Gasteiger charge is 2.42. The van der Waals surface area contributed by atoms with Gasteiger partial charge in [0.05, 0.1) is 22.7 Å². The molecular formula is C18H18FNO6S. The molecule has 27 heavy (non-hydrogen) atoms. The van der Waals surface area contributed by atoms with E-state index in [0.717, 1.165) is 5.56 Å². The van der Waals surface area contributed by atoms with Gasteiger partial charge in [0.25, 0.3) is 5.91 Å². The van der Waals surface area contributed by atoms with Gasteiger partial charge in [-0.25, -0.2) is 12.8 Å². The smallest absolute Gasteiger partial charge is 0.279 e. The van der Waals surface area contributed by atoms with Crippen LogP contribution < -0.4 is 0 Å². The van der Waals surface area contributed by atoms with Crippen molar-refractivity contribution in [2.75, 3.05) is 13.2 Å². The van der Waals surface area contributed by atoms with Gasteiger partial charge in [-0.05, 0) is 41.8 Å². The summed E-state index contributed by atoms with van der Waals surface area (Å²) in [6.45, 7) is -0.0633. The Hall–Kier alpha value is -2.33. The third-order valence-corrected chi connectivity index (χ3v) is 6.86. The van der Waals surface area contributed by atoms with E-state index in [2.05, 4.69) is 0 Å². The fourth-order valence-electron chi connectivity index (χ4n) is 3.12. The van der Waals surface area contributed by atoms with Crippen LogP contribution in [0.15, 0.2) is 53.4 Å². The summed E-state index contributed by atoms with van der Waals surface area (Å²) in [7, 11) is -3.91. The number of halogens is 1. The molecule has 0 radical (unpaired) electrons. The number of nitrogens with zero attached hydrogens (tertiary/aromatic N) is 1. The number of carbonyl (C=O) groups excluding carboxylic acids is 1. The Labute approximate surface area is 155 Å². The number of carbonyl (C=O) groups is 1. The zero-order chi connectivity index (χ0) is 19.6. The summed E-state index contributed by atoms with van der Waals surface area (Å²) in [5, 5.41) is 16.2. The molecule has 1 aliphatic heterocycles. The molecule has 0 spiro atoms. The normalized spacial score (nSPS) is 20.3. The van der Waals surface area contributed by atoms with E-state index in [-0.39, 0.29) is 30.3 Å². The highest BCUT2D eigenvalue weighted by molar-refractivity contribution is 7.92. The second-order valence-electron chi connectivity index (χ2n) is 6.21. The fraction of sp³-hybridized carbons (Fsp3) is 0.278. The Bertz CT molecular complexity index is 912. The van der Waals surface area contributed by atoms with Crippen molar-refractivity contribution in [3.8, 4) is 11.1 Å². The number of rotatable bonds is 4. The van der Waals surface area contributed by atoms with Crippen molar-refractivity contribution in [1.82, 2.24) is 5.23 Å². The molecule has 0 aliphatic carbocycles. The van der Waals surface area contributed by atoms with Crippen LogP contribution in [0.2, 0.25) is 0 Å². The number of hydrogen-bond donors (Lipinski definition) is 2. The van der Waals surface area contributed by atoms with E-state index in [1.165, 1.54) is 24.3 Å². The molecule has 7 nitrogen and oxygen atoms in total. The number of hydrogen-bond acceptors (Lipinski definition) is 6. The minimum absolute atomic E-state index is 0.0143. The van der Waals surface area contributed by atoms with E-state index in [1.807, 2.05) is 0 Å². The molecule has 2 aromatic carbocycles. The van der Waals surface area contributed by atoms with Crippen LogP contribution in [0, 0.1) is 11.7 Å². The minimum atomic E-state index is -3.91. The van der Waals surface area contributed by atoms with Gasteiger partial charge in [-0.15, -0.1) is 0 Å². The summed E-state index contributed by atoms with van der Waals surface area (Å²) in [4.78, 5) is 11.9. The van der Waals surface area contributed by atoms with Crippen molar-refractivity contribution < 1.29 is 32.8 Å². The zero-order valence-electron chi connectivity index (χ0n) is 14.2. The molecule has 1 aliphatic rings. The van der Waals surface area contributed by atoms with Crippen molar-refractivity contribution in [3.63, 3.8) is 0 Å². The van der Waals surface area contributed by atoms with E-state index in [0.29, 0.717) is 5.56 Å². The molecule has 2 aromatic rings. The lowest BCUT2D eigenvalue weighted by molar-refractivity contribution is -0.289. The van der Waals surface area contributed by atoms with Crippen LogP contribution in [0.3, 0.4) is 0 Å². The number of ether oxygens (including phenoxy) is 1. The summed E-state index contributed by atoms with van der Waals surface area (Å²) in [6.07, 6.45) is 0.0618. The topological polar surface area (TPSA) is 104 Å². The third kappa shape index (κ3) is 4.01. The SMILES string of the molecule is O=C(C1COCCC1S(=O)(=O)c1ccc(-c2ccc(F)cc2)cc1)N(O)O. The maximum absolute atomic E-state index is 13.0. The van der Waals surface area contributed by atoms with Crippen LogP contribution in [0.5, 0.6) is 0 Å². The van der Waals surface area contributed by atoms with Crippen molar-refractivity contribution in [2.24, 2.45) is 5.92 Å². The molecule has 1 amide bonds. The molecule has 1 fully saturated rings. The van der Waals surface area contributed by atoms with E-state index >= 15 is 0 Å². The standard InChI is InChI=1S/C18H18FNO6S/c19-14-5-1-12(2-6-14)13-3-7-15(8-4-13)27(24,25)17-9-10-26-11-16(17)18(21)20(22)23/h1-8,16-17,22-23H,9-11H2. The molecule has 3 rings (SSSR count). The molecule has 0 saturated carbocycles. The van der Waals surface area contributed by atoms with Gasteiger partial charge in [0.1, 0.15) is 5.82 Å². The van der Waals surface area contributed by atoms with E-state index in [9.17, 15) is 17.6 Å². The van der Waals surface area contributed by atoms with Crippen LogP contribution in [0.4, 0.5) is 4.39 Å². The van der Waals surface area contributed by atoms with E-state index in [1.54, 1.807) is 24.3 Å². The first-order valence-corrected chi connectivity index (χ1v) is 9.74. The van der Waals surface area contributed by atoms with Gasteiger partial charge in [-0.2, -0.15) is 0 Å². The Morgan fingerprint density at radius 3 is 2.15 bits per heavy atom. The van der Waals surface area contributed by atoms with Crippen LogP contribution in [-0.2, 0) is 19.4 Å². The molecule has 144 valence electrons. The van der Waals surface area contributed by atoms with Crippen LogP contribution in [0.1, 0.15) is 6.42 Å². The summed E-state index contributed by atoms with van der Waals surface area (Å²) in [5.74, 6) is -2.71. The maximum Gasteiger partial charge on any atom is 0.279 e. The first-order chi connectivity index (χ1) is 12.8. The van der Waals surface area contributed by atoms with Crippen molar-refractivity contribution >= 4 is 15.7 Å². The van der Waals surface area contributed by atoms with Crippen LogP contribution in [0.25, 0.3) is 11.1 Å². The molecule has 1 heterocycles. The number of sulfone groups is 1. The number of hydroxylamine groups is 2. The quantitative estimate of drug-likeness (QED) is 0.608. The Balaban J connectivity index is 1.89. The Morgan fingerprint density at radius 2 is 1.59 bits per heavy atom. The monoisotopic (exact) mass is 395 g/mol. The van der Waals surface area contributed by atoms with Gasteiger partial charge in [0, 0.05) is 6.61 Å². The van der Waals surface area contributed by atoms with Gasteiger partial charge in [0.2, 0.25) is 0 Å². The first-order valence-electron chi connectivity index (χ1n) is 8.20. The fourth-order valence-corrected chi connectivity index (χ4v) is 5.02. The highest BCUT2D eigenvalue weighted by Crippen LogP contribution is 2.30. The summed E-state index contributed by atoms with van der Waals surface area (Å²) in [6, 6.07) is 11.8. The lowest BCUT2D eigenvalue weighted by atomic mass is 10.0. The van der Waals surface area contributed by atoms with Crippen LogP contribution >= 0.6 is 0 Å². The Morgan fingerprint density at radius 1 is 1.04 bits per heavy atom. The van der Waals surface area contributed by atoms with Gasteiger partial charge < -0.3 is 4.74 Å². The lowest BCUT2D eigenvalue weighted by Gasteiger charge is -2.30. The molecular weight excluding hydrogens is 377 g/mol. The average molecular weight is 395 g/mol. The maximum atomic E-state index is 13.0. The van der Waals surface area contributed by atoms with Crippen molar-refractivity contribution in [3.05, 3.63) is 54.3 Å². The molecule has 2 unspecified atom stereocenters. The third-order valence-electron chi connectivity index (χ3n) is 4.57. The van der Waals surface area contributed by atoms with Crippen molar-refractivity contribution in [2.45, 2.75) is 16.6 Å². The molecule has 0 aromatic heterocycles. The number of benzene rings is 2. The molecule has 0 bridgehead atoms. The molecule has 9 heteroatoms. The zero-order valence-corrected chi connectivity index (χ0v) is 15.0. The summed E-state index contributed by atoms with van der Waals surface area (Å²) < 4.78 is 44.1. The second-order valence-corrected chi connectivity index (χ2v) is 8.38. The average Bonchev–Trinajstić information content (AvgIpc) is 2.68. The van der Waals surface area contributed by atoms with Crippen LogP contribution in [-0.4, -0.2) is 48.4 Å². The molecule has 2 N–H and O–H groups in total. The van der Waals surface area contributed by atoms with E-state index < -0.39 is 32.1 Å². The largest absolute Gasteiger partial charge is 0.381 e. The minimum Gasteiger partial charge on any atom is -0.381 e. The number of amides is 1. The highest BCUT2D eigenvalue weighted by atomic mass is 32.2. The molecule has 2 atom stereocenters. The van der Waals surface area contributed by atoms with Gasteiger partial charge >= 0.3 is 0 Å². The Kier molecular flexibility index (Phi) is 5.56. The van der Waals surface area contributed by atoms with Gasteiger partial charge in [-0.1, -0.05) is 29.5 Å². The lowest BCUT2D eigenvalue weighted by Crippen LogP contribution is -2.46. The second kappa shape index (κ2) is 7.73. The first kappa shape index (κ1) is 19.4. The summed E-state index contributed by atoms with van der Waals surface area (Å²) in [5.41, 5.74) is 1.45. The van der Waals surface area contributed by atoms with Crippen molar-refractivity contribution in [1.29, 1.82) is 0 Å². The van der Waals surface area contributed by atoms with Gasteiger partial charge in [0.15, 0.2) is 9.84 Å². The van der Waals surface area contributed by atoms with Gasteiger partial charge in [-0.3, -0.25) is 15.2 Å². The van der Waals surface area contributed by atoms with E-state index in [4.69, 9.17) is 15.2 Å². The predicted molar refractivity (Wildman–Crippen MR) is 92.2 cm³/mol. The summed E-state index contributed by atoms with van der Waals surface area (Å²) >= 11 is 0.